The molecule has 0 aromatic heterocycles. The summed E-state index contributed by atoms with van der Waals surface area (Å²) in [6.45, 7) is 1.49. The van der Waals surface area contributed by atoms with Crippen LogP contribution in [-0.4, -0.2) is 24.1 Å². The zero-order valence-corrected chi connectivity index (χ0v) is 13.4. The summed E-state index contributed by atoms with van der Waals surface area (Å²) >= 11 is 8.52. The van der Waals surface area contributed by atoms with Crippen molar-refractivity contribution in [3.63, 3.8) is 0 Å². The van der Waals surface area contributed by atoms with E-state index in [0.29, 0.717) is 32.6 Å². The Bertz CT molecular complexity index is 516. The van der Waals surface area contributed by atoms with Gasteiger partial charge in [-0.15, -0.1) is 0 Å². The number of carbonyl (C=O) groups is 1. The number of halogens is 1. The van der Waals surface area contributed by atoms with Crippen LogP contribution in [0.4, 0.5) is 0 Å². The molecule has 20 heavy (non-hydrogen) atoms. The average molecular weight is 357 g/mol. The summed E-state index contributed by atoms with van der Waals surface area (Å²) in [7, 11) is 0. The molecule has 108 valence electrons. The largest absolute Gasteiger partial charge is 0.392 e. The molecule has 0 radical (unpaired) electrons. The second-order valence-corrected chi connectivity index (χ2v) is 6.23. The van der Waals surface area contributed by atoms with Gasteiger partial charge in [0.15, 0.2) is 0 Å². The molecular weight excluding hydrogens is 340 g/mol. The molecule has 0 saturated carbocycles. The Kier molecular flexibility index (Phi) is 5.12. The molecule has 1 aromatic rings. The maximum absolute atomic E-state index is 12.5. The van der Waals surface area contributed by atoms with E-state index >= 15 is 0 Å². The molecule has 0 bridgehead atoms. The first-order valence-corrected chi connectivity index (χ1v) is 7.65. The Morgan fingerprint density at radius 3 is 2.75 bits per heavy atom. The molecule has 3 N–H and O–H groups in total. The third-order valence-electron chi connectivity index (χ3n) is 3.59. The van der Waals surface area contributed by atoms with Gasteiger partial charge in [-0.3, -0.25) is 4.79 Å². The average Bonchev–Trinajstić information content (AvgIpc) is 2.45. The maximum atomic E-state index is 12.5. The van der Waals surface area contributed by atoms with Crippen LogP contribution in [0.15, 0.2) is 28.7 Å². The molecule has 1 heterocycles. The highest BCUT2D eigenvalue weighted by Gasteiger charge is 2.42. The van der Waals surface area contributed by atoms with Gasteiger partial charge in [-0.2, -0.15) is 0 Å². The molecule has 4 nitrogen and oxygen atoms in total. The molecule has 1 fully saturated rings. The van der Waals surface area contributed by atoms with E-state index in [1.54, 1.807) is 0 Å². The standard InChI is InChI=1S/C14H17BrN2O2S/c15-11-3-1-2-10(8-11)9-17-13(18)14(12(16)20)4-6-19-7-5-14/h1-3,8H,4-7,9H2,(H2,16,20)(H,17,18). The molecule has 1 aliphatic heterocycles. The Hall–Kier alpha value is -0.980. The van der Waals surface area contributed by atoms with E-state index in [4.69, 9.17) is 22.7 Å². The SMILES string of the molecule is NC(=S)C1(C(=O)NCc2cccc(Br)c2)CCOCC1. The first kappa shape index (κ1) is 15.4. The molecule has 1 aromatic carbocycles. The zero-order valence-electron chi connectivity index (χ0n) is 11.0. The highest BCUT2D eigenvalue weighted by atomic mass is 79.9. The van der Waals surface area contributed by atoms with Crippen LogP contribution in [0.1, 0.15) is 18.4 Å². The predicted molar refractivity (Wildman–Crippen MR) is 85.3 cm³/mol. The van der Waals surface area contributed by atoms with Gasteiger partial charge in [0.1, 0.15) is 5.41 Å². The number of hydrogen-bond donors (Lipinski definition) is 2. The molecule has 6 heteroatoms. The third-order valence-corrected chi connectivity index (χ3v) is 4.48. The molecule has 2 rings (SSSR count). The van der Waals surface area contributed by atoms with Crippen LogP contribution in [0, 0.1) is 5.41 Å². The minimum Gasteiger partial charge on any atom is -0.392 e. The van der Waals surface area contributed by atoms with Gasteiger partial charge in [0.25, 0.3) is 0 Å². The van der Waals surface area contributed by atoms with E-state index in [9.17, 15) is 4.79 Å². The summed E-state index contributed by atoms with van der Waals surface area (Å²) in [6.07, 6.45) is 1.10. The lowest BCUT2D eigenvalue weighted by atomic mass is 9.79. The van der Waals surface area contributed by atoms with Gasteiger partial charge < -0.3 is 15.8 Å². The molecule has 1 amide bonds. The van der Waals surface area contributed by atoms with Crippen molar-refractivity contribution >= 4 is 39.0 Å². The smallest absolute Gasteiger partial charge is 0.233 e. The fourth-order valence-electron chi connectivity index (χ4n) is 2.30. The number of ether oxygens (including phenoxy) is 1. The van der Waals surface area contributed by atoms with Crippen molar-refractivity contribution < 1.29 is 9.53 Å². The van der Waals surface area contributed by atoms with E-state index in [0.717, 1.165) is 10.0 Å². The normalized spacial score (nSPS) is 17.4. The Morgan fingerprint density at radius 1 is 1.45 bits per heavy atom. The summed E-state index contributed by atoms with van der Waals surface area (Å²) in [6, 6.07) is 7.81. The zero-order chi connectivity index (χ0) is 14.6. The van der Waals surface area contributed by atoms with E-state index in [1.165, 1.54) is 0 Å². The Labute approximate surface area is 132 Å². The van der Waals surface area contributed by atoms with Gasteiger partial charge in [-0.25, -0.2) is 0 Å². The summed E-state index contributed by atoms with van der Waals surface area (Å²) in [5.74, 6) is -0.103. The number of carbonyl (C=O) groups excluding carboxylic acids is 1. The second-order valence-electron chi connectivity index (χ2n) is 4.87. The van der Waals surface area contributed by atoms with Crippen LogP contribution in [0.5, 0.6) is 0 Å². The van der Waals surface area contributed by atoms with Crippen molar-refractivity contribution in [1.82, 2.24) is 5.32 Å². The minimum atomic E-state index is -0.764. The van der Waals surface area contributed by atoms with Crippen LogP contribution in [-0.2, 0) is 16.1 Å². The second kappa shape index (κ2) is 6.65. The van der Waals surface area contributed by atoms with E-state index < -0.39 is 5.41 Å². The Balaban J connectivity index is 2.04. The number of amides is 1. The van der Waals surface area contributed by atoms with Crippen molar-refractivity contribution in [3.05, 3.63) is 34.3 Å². The Morgan fingerprint density at radius 2 is 2.15 bits per heavy atom. The fraction of sp³-hybridized carbons (Fsp3) is 0.429. The molecule has 0 aliphatic carbocycles. The number of nitrogens with two attached hydrogens (primary N) is 1. The van der Waals surface area contributed by atoms with E-state index in [-0.39, 0.29) is 10.9 Å². The third kappa shape index (κ3) is 3.37. The van der Waals surface area contributed by atoms with Gasteiger partial charge in [-0.05, 0) is 30.5 Å². The van der Waals surface area contributed by atoms with Crippen LogP contribution < -0.4 is 11.1 Å². The molecular formula is C14H17BrN2O2S. The molecule has 0 spiro atoms. The van der Waals surface area contributed by atoms with Crippen molar-refractivity contribution in [1.29, 1.82) is 0 Å². The fourth-order valence-corrected chi connectivity index (χ4v) is 3.05. The predicted octanol–water partition coefficient (Wildman–Crippen LogP) is 2.15. The molecule has 0 unspecified atom stereocenters. The lowest BCUT2D eigenvalue weighted by Crippen LogP contribution is -2.51. The quantitative estimate of drug-likeness (QED) is 0.811. The van der Waals surface area contributed by atoms with E-state index in [2.05, 4.69) is 21.2 Å². The minimum absolute atomic E-state index is 0.103. The number of thiocarbonyl (C=S) groups is 1. The highest BCUT2D eigenvalue weighted by Crippen LogP contribution is 2.31. The number of benzene rings is 1. The van der Waals surface area contributed by atoms with Crippen molar-refractivity contribution in [2.24, 2.45) is 11.1 Å². The van der Waals surface area contributed by atoms with Crippen LogP contribution >= 0.6 is 28.1 Å². The molecule has 1 aliphatic rings. The first-order chi connectivity index (χ1) is 9.54. The molecule has 1 saturated heterocycles. The lowest BCUT2D eigenvalue weighted by molar-refractivity contribution is -0.131. The van der Waals surface area contributed by atoms with Crippen molar-refractivity contribution in [3.8, 4) is 0 Å². The van der Waals surface area contributed by atoms with Crippen molar-refractivity contribution in [2.45, 2.75) is 19.4 Å². The highest BCUT2D eigenvalue weighted by molar-refractivity contribution is 9.10. The van der Waals surface area contributed by atoms with Gasteiger partial charge in [-0.1, -0.05) is 40.3 Å². The topological polar surface area (TPSA) is 64.4 Å². The number of rotatable bonds is 4. The van der Waals surface area contributed by atoms with E-state index in [1.807, 2.05) is 24.3 Å². The van der Waals surface area contributed by atoms with Gasteiger partial charge in [0, 0.05) is 24.2 Å². The van der Waals surface area contributed by atoms with Crippen LogP contribution in [0.3, 0.4) is 0 Å². The van der Waals surface area contributed by atoms with Gasteiger partial charge in [0.2, 0.25) is 5.91 Å². The lowest BCUT2D eigenvalue weighted by Gasteiger charge is -2.34. The van der Waals surface area contributed by atoms with Crippen LogP contribution in [0.25, 0.3) is 0 Å². The van der Waals surface area contributed by atoms with Gasteiger partial charge >= 0.3 is 0 Å². The molecule has 0 atom stereocenters. The van der Waals surface area contributed by atoms with Gasteiger partial charge in [0.05, 0.1) is 4.99 Å². The summed E-state index contributed by atoms with van der Waals surface area (Å²) in [4.78, 5) is 12.7. The first-order valence-electron chi connectivity index (χ1n) is 6.45. The van der Waals surface area contributed by atoms with Crippen LogP contribution in [0.2, 0.25) is 0 Å². The monoisotopic (exact) mass is 356 g/mol. The number of hydrogen-bond acceptors (Lipinski definition) is 3. The maximum Gasteiger partial charge on any atom is 0.233 e. The summed E-state index contributed by atoms with van der Waals surface area (Å²) in [5, 5.41) is 2.94. The number of nitrogens with one attached hydrogen (secondary N) is 1. The van der Waals surface area contributed by atoms with Crippen molar-refractivity contribution in [2.75, 3.05) is 13.2 Å². The summed E-state index contributed by atoms with van der Waals surface area (Å²) < 4.78 is 6.29. The summed E-state index contributed by atoms with van der Waals surface area (Å²) in [5.41, 5.74) is 6.07.